The molecule has 1 unspecified atom stereocenters. The van der Waals surface area contributed by atoms with Crippen LogP contribution in [0.15, 0.2) is 30.3 Å². The molecule has 1 atom stereocenters. The predicted octanol–water partition coefficient (Wildman–Crippen LogP) is 2.28. The monoisotopic (exact) mass is 254 g/mol. The molecule has 1 aromatic carbocycles. The summed E-state index contributed by atoms with van der Waals surface area (Å²) >= 11 is 0. The smallest absolute Gasteiger partial charge is 0.269 e. The summed E-state index contributed by atoms with van der Waals surface area (Å²) in [4.78, 5) is 2.31. The lowest BCUT2D eigenvalue weighted by molar-refractivity contribution is 0.299. The Morgan fingerprint density at radius 2 is 1.71 bits per heavy atom. The quantitative estimate of drug-likeness (QED) is 0.775. The summed E-state index contributed by atoms with van der Waals surface area (Å²) in [5, 5.41) is 0. The van der Waals surface area contributed by atoms with Gasteiger partial charge in [-0.1, -0.05) is 18.2 Å². The maximum absolute atomic E-state index is 12.1. The molecule has 4 nitrogen and oxygen atoms in total. The van der Waals surface area contributed by atoms with Crippen LogP contribution in [0.3, 0.4) is 0 Å². The molecular weight excluding hydrogens is 235 g/mol. The molecular formula is C12H19N2O2P. The third-order valence-electron chi connectivity index (χ3n) is 3.23. The number of hydrogen-bond acceptors (Lipinski definition) is 3. The number of anilines is 1. The van der Waals surface area contributed by atoms with E-state index < -0.39 is 7.52 Å². The average molecular weight is 254 g/mol. The molecule has 0 bridgehead atoms. The molecule has 5 heteroatoms. The van der Waals surface area contributed by atoms with Gasteiger partial charge < -0.3 is 9.42 Å². The first-order valence-electron chi connectivity index (χ1n) is 5.82. The maximum Gasteiger partial charge on any atom is 0.269 e. The summed E-state index contributed by atoms with van der Waals surface area (Å²) in [6.07, 6.45) is 0. The zero-order valence-electron chi connectivity index (χ0n) is 10.4. The van der Waals surface area contributed by atoms with Gasteiger partial charge in [0.15, 0.2) is 0 Å². The van der Waals surface area contributed by atoms with Gasteiger partial charge in [0.2, 0.25) is 0 Å². The van der Waals surface area contributed by atoms with E-state index in [4.69, 9.17) is 4.52 Å². The van der Waals surface area contributed by atoms with Crippen LogP contribution < -0.4 is 4.90 Å². The van der Waals surface area contributed by atoms with Gasteiger partial charge in [-0.2, -0.15) is 0 Å². The van der Waals surface area contributed by atoms with E-state index in [0.717, 1.165) is 26.2 Å². The predicted molar refractivity (Wildman–Crippen MR) is 70.8 cm³/mol. The largest absolute Gasteiger partial charge is 0.369 e. The Balaban J connectivity index is 1.97. The Kier molecular flexibility index (Phi) is 3.87. The molecule has 0 aromatic heterocycles. The molecule has 0 saturated carbocycles. The van der Waals surface area contributed by atoms with Crippen LogP contribution in [0, 0.1) is 0 Å². The summed E-state index contributed by atoms with van der Waals surface area (Å²) in [6.45, 7) is 5.05. The first-order valence-corrected chi connectivity index (χ1v) is 7.84. The van der Waals surface area contributed by atoms with Crippen molar-refractivity contribution in [1.29, 1.82) is 0 Å². The van der Waals surface area contributed by atoms with E-state index in [1.165, 1.54) is 12.8 Å². The highest BCUT2D eigenvalue weighted by atomic mass is 31.2. The van der Waals surface area contributed by atoms with Crippen molar-refractivity contribution < 1.29 is 9.09 Å². The summed E-state index contributed by atoms with van der Waals surface area (Å²) in [5.74, 6) is 0. The maximum atomic E-state index is 12.1. The van der Waals surface area contributed by atoms with Crippen LogP contribution in [0.25, 0.3) is 0 Å². The fourth-order valence-electron chi connectivity index (χ4n) is 2.07. The molecule has 1 aliphatic heterocycles. The normalized spacial score (nSPS) is 21.2. The van der Waals surface area contributed by atoms with E-state index in [1.807, 2.05) is 22.9 Å². The SMILES string of the molecule is COP(C)(=O)N1CCN(c2ccccc2)CC1. The lowest BCUT2D eigenvalue weighted by atomic mass is 10.2. The Morgan fingerprint density at radius 3 is 2.24 bits per heavy atom. The molecule has 0 spiro atoms. The highest BCUT2D eigenvalue weighted by Gasteiger charge is 2.28. The molecule has 0 N–H and O–H groups in total. The van der Waals surface area contributed by atoms with E-state index in [0.29, 0.717) is 0 Å². The summed E-state index contributed by atoms with van der Waals surface area (Å²) in [7, 11) is -1.04. The molecule has 1 aromatic rings. The van der Waals surface area contributed by atoms with Crippen molar-refractivity contribution in [2.45, 2.75) is 0 Å². The number of piperazine rings is 1. The van der Waals surface area contributed by atoms with E-state index >= 15 is 0 Å². The molecule has 94 valence electrons. The van der Waals surface area contributed by atoms with E-state index in [1.54, 1.807) is 6.66 Å². The van der Waals surface area contributed by atoms with Gasteiger partial charge in [-0.05, 0) is 12.1 Å². The lowest BCUT2D eigenvalue weighted by Crippen LogP contribution is -2.44. The lowest BCUT2D eigenvalue weighted by Gasteiger charge is -2.37. The molecule has 0 aliphatic carbocycles. The van der Waals surface area contributed by atoms with Crippen molar-refractivity contribution in [3.8, 4) is 0 Å². The molecule has 1 heterocycles. The summed E-state index contributed by atoms with van der Waals surface area (Å²) < 4.78 is 19.1. The summed E-state index contributed by atoms with van der Waals surface area (Å²) in [6, 6.07) is 10.3. The molecule has 0 radical (unpaired) electrons. The number of benzene rings is 1. The number of para-hydroxylation sites is 1. The van der Waals surface area contributed by atoms with Crippen molar-refractivity contribution in [3.05, 3.63) is 30.3 Å². The zero-order valence-corrected chi connectivity index (χ0v) is 11.3. The van der Waals surface area contributed by atoms with Gasteiger partial charge >= 0.3 is 0 Å². The van der Waals surface area contributed by atoms with E-state index in [9.17, 15) is 4.57 Å². The van der Waals surface area contributed by atoms with Gasteiger partial charge in [0.1, 0.15) is 0 Å². The third-order valence-corrected chi connectivity index (χ3v) is 5.34. The van der Waals surface area contributed by atoms with Crippen molar-refractivity contribution in [2.24, 2.45) is 0 Å². The second-order valence-electron chi connectivity index (χ2n) is 4.26. The number of hydrogen-bond donors (Lipinski definition) is 0. The average Bonchev–Trinajstić information content (AvgIpc) is 2.40. The highest BCUT2D eigenvalue weighted by molar-refractivity contribution is 7.55. The first-order chi connectivity index (χ1) is 8.13. The molecule has 1 aliphatic rings. The molecule has 17 heavy (non-hydrogen) atoms. The van der Waals surface area contributed by atoms with Gasteiger partial charge in [0, 0.05) is 45.6 Å². The fraction of sp³-hybridized carbons (Fsp3) is 0.500. The van der Waals surface area contributed by atoms with Gasteiger partial charge in [0.25, 0.3) is 7.52 Å². The molecule has 0 amide bonds. The number of rotatable bonds is 3. The molecule has 2 rings (SSSR count). The number of nitrogens with zero attached hydrogens (tertiary/aromatic N) is 2. The van der Waals surface area contributed by atoms with Crippen LogP contribution in [0.4, 0.5) is 5.69 Å². The molecule has 1 fully saturated rings. The van der Waals surface area contributed by atoms with E-state index in [2.05, 4.69) is 17.0 Å². The van der Waals surface area contributed by atoms with E-state index in [-0.39, 0.29) is 0 Å². The van der Waals surface area contributed by atoms with Crippen LogP contribution in [0.1, 0.15) is 0 Å². The van der Waals surface area contributed by atoms with Crippen molar-refractivity contribution in [2.75, 3.05) is 44.9 Å². The minimum absolute atomic E-state index is 0.788. The Labute approximate surface area is 103 Å². The second kappa shape index (κ2) is 5.21. The van der Waals surface area contributed by atoms with Crippen molar-refractivity contribution in [1.82, 2.24) is 4.67 Å². The summed E-state index contributed by atoms with van der Waals surface area (Å²) in [5.41, 5.74) is 1.23. The van der Waals surface area contributed by atoms with Gasteiger partial charge in [-0.15, -0.1) is 0 Å². The minimum atomic E-state index is -2.56. The van der Waals surface area contributed by atoms with Gasteiger partial charge in [-0.3, -0.25) is 4.57 Å². The molecule has 1 saturated heterocycles. The second-order valence-corrected chi connectivity index (χ2v) is 6.80. The van der Waals surface area contributed by atoms with Crippen LogP contribution in [0.2, 0.25) is 0 Å². The van der Waals surface area contributed by atoms with Crippen LogP contribution in [-0.2, 0) is 9.09 Å². The Bertz CT molecular complexity index is 402. The zero-order chi connectivity index (χ0) is 12.3. The third kappa shape index (κ3) is 2.89. The van der Waals surface area contributed by atoms with Gasteiger partial charge in [-0.25, -0.2) is 4.67 Å². The van der Waals surface area contributed by atoms with Gasteiger partial charge in [0.05, 0.1) is 0 Å². The van der Waals surface area contributed by atoms with Crippen LogP contribution in [-0.4, -0.2) is 44.6 Å². The Hall–Kier alpha value is -0.830. The van der Waals surface area contributed by atoms with Crippen LogP contribution in [0.5, 0.6) is 0 Å². The topological polar surface area (TPSA) is 32.8 Å². The standard InChI is InChI=1S/C12H19N2O2P/c1-16-17(2,15)14-10-8-13(9-11-14)12-6-4-3-5-7-12/h3-7H,8-11H2,1-2H3. The van der Waals surface area contributed by atoms with Crippen molar-refractivity contribution >= 4 is 13.2 Å². The first kappa shape index (κ1) is 12.6. The van der Waals surface area contributed by atoms with Crippen molar-refractivity contribution in [3.63, 3.8) is 0 Å². The minimum Gasteiger partial charge on any atom is -0.369 e. The fourth-order valence-corrected chi connectivity index (χ4v) is 3.21. The highest BCUT2D eigenvalue weighted by Crippen LogP contribution is 2.46. The Morgan fingerprint density at radius 1 is 1.12 bits per heavy atom. The van der Waals surface area contributed by atoms with Crippen LogP contribution >= 0.6 is 7.52 Å².